The highest BCUT2D eigenvalue weighted by Gasteiger charge is 2.26. The van der Waals surface area contributed by atoms with Gasteiger partial charge in [-0.05, 0) is 11.8 Å². The van der Waals surface area contributed by atoms with Gasteiger partial charge in [-0.15, -0.1) is 0 Å². The molecule has 0 aromatic rings. The molecule has 0 saturated carbocycles. The normalized spacial score (nSPS) is 14.5. The molecule has 0 aliphatic rings. The van der Waals surface area contributed by atoms with Gasteiger partial charge in [-0.3, -0.25) is 9.59 Å². The number of hydrogen-bond donors (Lipinski definition) is 2. The lowest BCUT2D eigenvalue weighted by molar-refractivity contribution is -0.137. The van der Waals surface area contributed by atoms with Crippen LogP contribution in [-0.2, 0) is 9.59 Å². The summed E-state index contributed by atoms with van der Waals surface area (Å²) < 4.78 is 0. The lowest BCUT2D eigenvalue weighted by Crippen LogP contribution is -2.50. The Hall–Kier alpha value is -1.10. The number of carbonyl (C=O) groups excluding carboxylic acids is 2. The molecule has 0 bridgehead atoms. The number of hydrogen-bond acceptors (Lipinski definition) is 3. The van der Waals surface area contributed by atoms with Crippen molar-refractivity contribution in [1.29, 1.82) is 0 Å². The van der Waals surface area contributed by atoms with Crippen molar-refractivity contribution in [3.8, 4) is 0 Å². The maximum atomic E-state index is 12.1. The summed E-state index contributed by atoms with van der Waals surface area (Å²) in [7, 11) is 0. The van der Waals surface area contributed by atoms with Crippen molar-refractivity contribution < 1.29 is 9.59 Å². The predicted molar refractivity (Wildman–Crippen MR) is 68.0 cm³/mol. The summed E-state index contributed by atoms with van der Waals surface area (Å²) in [5, 5.41) is 0. The van der Waals surface area contributed by atoms with Gasteiger partial charge in [0.25, 0.3) is 0 Å². The minimum atomic E-state index is -0.557. The molecule has 0 aromatic heterocycles. The first-order valence-corrected chi connectivity index (χ1v) is 6.12. The minimum absolute atomic E-state index is 0.0544. The zero-order valence-corrected chi connectivity index (χ0v) is 11.3. The van der Waals surface area contributed by atoms with Crippen molar-refractivity contribution in [2.24, 2.45) is 23.3 Å². The molecule has 17 heavy (non-hydrogen) atoms. The number of nitrogens with two attached hydrogens (primary N) is 2. The molecule has 1 unspecified atom stereocenters. The number of amides is 2. The van der Waals surface area contributed by atoms with Crippen LogP contribution in [0.5, 0.6) is 0 Å². The van der Waals surface area contributed by atoms with E-state index in [9.17, 15) is 9.59 Å². The average molecular weight is 243 g/mol. The van der Waals surface area contributed by atoms with Crippen molar-refractivity contribution in [2.75, 3.05) is 13.1 Å². The van der Waals surface area contributed by atoms with Gasteiger partial charge in [-0.1, -0.05) is 34.1 Å². The first-order chi connectivity index (χ1) is 7.79. The smallest absolute Gasteiger partial charge is 0.240 e. The van der Waals surface area contributed by atoms with Crippen molar-refractivity contribution in [2.45, 2.75) is 40.2 Å². The Balaban J connectivity index is 4.66. The summed E-state index contributed by atoms with van der Waals surface area (Å²) >= 11 is 0. The van der Waals surface area contributed by atoms with E-state index in [1.165, 1.54) is 4.90 Å². The highest BCUT2D eigenvalue weighted by atomic mass is 16.2. The van der Waals surface area contributed by atoms with E-state index < -0.39 is 11.9 Å². The van der Waals surface area contributed by atoms with Crippen molar-refractivity contribution in [3.63, 3.8) is 0 Å². The molecule has 5 nitrogen and oxygen atoms in total. The van der Waals surface area contributed by atoms with Crippen molar-refractivity contribution in [1.82, 2.24) is 4.90 Å². The molecule has 0 radical (unpaired) electrons. The van der Waals surface area contributed by atoms with Gasteiger partial charge >= 0.3 is 0 Å². The van der Waals surface area contributed by atoms with Gasteiger partial charge < -0.3 is 16.4 Å². The van der Waals surface area contributed by atoms with Gasteiger partial charge in [0.05, 0.1) is 12.6 Å². The van der Waals surface area contributed by atoms with Gasteiger partial charge in [0.2, 0.25) is 11.8 Å². The molecular formula is C12H25N3O2. The van der Waals surface area contributed by atoms with Gasteiger partial charge in [-0.2, -0.15) is 0 Å². The maximum absolute atomic E-state index is 12.1. The fourth-order valence-corrected chi connectivity index (χ4v) is 1.57. The van der Waals surface area contributed by atoms with Crippen LogP contribution in [0, 0.1) is 11.8 Å². The molecule has 0 aliphatic heterocycles. The van der Waals surface area contributed by atoms with Gasteiger partial charge in [0.15, 0.2) is 0 Å². The summed E-state index contributed by atoms with van der Waals surface area (Å²) in [5.41, 5.74) is 11.0. The molecule has 0 aliphatic carbocycles. The van der Waals surface area contributed by atoms with E-state index >= 15 is 0 Å². The fourth-order valence-electron chi connectivity index (χ4n) is 1.57. The Kier molecular flexibility index (Phi) is 6.80. The van der Waals surface area contributed by atoms with E-state index in [-0.39, 0.29) is 24.3 Å². The van der Waals surface area contributed by atoms with E-state index in [2.05, 4.69) is 0 Å². The second kappa shape index (κ2) is 7.27. The highest BCUT2D eigenvalue weighted by molar-refractivity contribution is 5.86. The summed E-state index contributed by atoms with van der Waals surface area (Å²) in [6, 6.07) is -0.557. The average Bonchev–Trinajstić information content (AvgIpc) is 2.23. The third-order valence-corrected chi connectivity index (χ3v) is 2.79. The molecule has 0 aromatic carbocycles. The molecule has 2 amide bonds. The molecule has 0 spiro atoms. The molecule has 0 fully saturated rings. The number of primary amides is 1. The second-order valence-electron chi connectivity index (χ2n) is 4.99. The maximum Gasteiger partial charge on any atom is 0.240 e. The van der Waals surface area contributed by atoms with Crippen LogP contribution in [0.1, 0.15) is 34.1 Å². The third-order valence-electron chi connectivity index (χ3n) is 2.79. The fraction of sp³-hybridized carbons (Fsp3) is 0.833. The molecule has 2 atom stereocenters. The third kappa shape index (κ3) is 5.68. The standard InChI is InChI=1S/C12H25N3O2/c1-5-9(4)11(14)12(17)15(6-8(2)3)7-10(13)16/h8-9,11H,5-7,14H2,1-4H3,(H2,13,16)/t9?,11-/m0/s1. The Morgan fingerprint density at radius 2 is 1.76 bits per heavy atom. The number of carbonyl (C=O) groups is 2. The highest BCUT2D eigenvalue weighted by Crippen LogP contribution is 2.10. The Labute approximate surface area is 104 Å². The summed E-state index contributed by atoms with van der Waals surface area (Å²) in [4.78, 5) is 24.5. The zero-order chi connectivity index (χ0) is 13.6. The topological polar surface area (TPSA) is 89.4 Å². The lowest BCUT2D eigenvalue weighted by atomic mass is 9.98. The summed E-state index contributed by atoms with van der Waals surface area (Å²) in [5.74, 6) is -0.310. The molecule has 0 saturated heterocycles. The summed E-state index contributed by atoms with van der Waals surface area (Å²) in [6.07, 6.45) is 0.832. The van der Waals surface area contributed by atoms with E-state index in [0.717, 1.165) is 6.42 Å². The Bertz CT molecular complexity index is 266. The van der Waals surface area contributed by atoms with E-state index in [0.29, 0.717) is 6.54 Å². The second-order valence-corrected chi connectivity index (χ2v) is 4.99. The van der Waals surface area contributed by atoms with Crippen LogP contribution in [0.25, 0.3) is 0 Å². The van der Waals surface area contributed by atoms with E-state index in [4.69, 9.17) is 11.5 Å². The molecule has 100 valence electrons. The molecular weight excluding hydrogens is 218 g/mol. The zero-order valence-electron chi connectivity index (χ0n) is 11.3. The van der Waals surface area contributed by atoms with Crippen LogP contribution in [0.15, 0.2) is 0 Å². The first-order valence-electron chi connectivity index (χ1n) is 6.12. The van der Waals surface area contributed by atoms with Crippen LogP contribution >= 0.6 is 0 Å². The summed E-state index contributed by atoms with van der Waals surface area (Å²) in [6.45, 7) is 8.33. The minimum Gasteiger partial charge on any atom is -0.368 e. The number of rotatable bonds is 7. The van der Waals surface area contributed by atoms with E-state index in [1.54, 1.807) is 0 Å². The lowest BCUT2D eigenvalue weighted by Gasteiger charge is -2.28. The van der Waals surface area contributed by atoms with Gasteiger partial charge in [0.1, 0.15) is 0 Å². The van der Waals surface area contributed by atoms with Crippen LogP contribution in [0.4, 0.5) is 0 Å². The van der Waals surface area contributed by atoms with Crippen LogP contribution < -0.4 is 11.5 Å². The largest absolute Gasteiger partial charge is 0.368 e. The SMILES string of the molecule is CCC(C)[C@H](N)C(=O)N(CC(N)=O)CC(C)C. The van der Waals surface area contributed by atoms with Crippen molar-refractivity contribution >= 4 is 11.8 Å². The Morgan fingerprint density at radius 3 is 2.12 bits per heavy atom. The molecule has 5 heteroatoms. The van der Waals surface area contributed by atoms with Gasteiger partial charge in [-0.25, -0.2) is 0 Å². The first kappa shape index (κ1) is 15.9. The van der Waals surface area contributed by atoms with Crippen LogP contribution in [0.2, 0.25) is 0 Å². The molecule has 0 rings (SSSR count). The predicted octanol–water partition coefficient (Wildman–Crippen LogP) is 0.330. The van der Waals surface area contributed by atoms with E-state index in [1.807, 2.05) is 27.7 Å². The number of nitrogens with zero attached hydrogens (tertiary/aromatic N) is 1. The molecule has 4 N–H and O–H groups in total. The quantitative estimate of drug-likeness (QED) is 0.675. The molecule has 0 heterocycles. The van der Waals surface area contributed by atoms with Crippen molar-refractivity contribution in [3.05, 3.63) is 0 Å². The monoisotopic (exact) mass is 243 g/mol. The van der Waals surface area contributed by atoms with Crippen LogP contribution in [-0.4, -0.2) is 35.8 Å². The Morgan fingerprint density at radius 1 is 1.24 bits per heavy atom. The van der Waals surface area contributed by atoms with Crippen LogP contribution in [0.3, 0.4) is 0 Å². The van der Waals surface area contributed by atoms with Gasteiger partial charge in [0, 0.05) is 6.54 Å².